The summed E-state index contributed by atoms with van der Waals surface area (Å²) in [7, 11) is 0. The molecule has 0 radical (unpaired) electrons. The van der Waals surface area contributed by atoms with E-state index in [-0.39, 0.29) is 0 Å². The van der Waals surface area contributed by atoms with Gasteiger partial charge in [-0.1, -0.05) is 44.5 Å². The molecule has 1 aromatic carbocycles. The van der Waals surface area contributed by atoms with E-state index in [9.17, 15) is 0 Å². The molecular weight excluding hydrogens is 238 g/mol. The molecule has 1 N–H and O–H groups in total. The summed E-state index contributed by atoms with van der Waals surface area (Å²) in [4.78, 5) is 0. The molecule has 0 aromatic heterocycles. The van der Waals surface area contributed by atoms with Crippen molar-refractivity contribution in [3.63, 3.8) is 0 Å². The molecule has 0 amide bonds. The van der Waals surface area contributed by atoms with E-state index in [1.807, 2.05) is 11.8 Å². The number of likely N-dealkylation sites (N-methyl/N-ethyl adjacent to an activating group) is 1. The molecule has 0 heterocycles. The minimum absolute atomic E-state index is 0.586. The molecule has 0 fully saturated rings. The predicted molar refractivity (Wildman–Crippen MR) is 84.7 cm³/mol. The summed E-state index contributed by atoms with van der Waals surface area (Å²) in [5, 5.41) is 4.33. The third-order valence-electron chi connectivity index (χ3n) is 3.09. The monoisotopic (exact) mass is 265 g/mol. The molecule has 0 saturated heterocycles. The van der Waals surface area contributed by atoms with Crippen LogP contribution in [-0.4, -0.2) is 23.6 Å². The smallest absolute Gasteiger partial charge is 0.0198 e. The Morgan fingerprint density at radius 2 is 1.94 bits per heavy atom. The summed E-state index contributed by atoms with van der Waals surface area (Å²) < 4.78 is 0. The first kappa shape index (κ1) is 15.6. The Hall–Kier alpha value is -0.470. The summed E-state index contributed by atoms with van der Waals surface area (Å²) in [6.07, 6.45) is 1.14. The Bertz CT molecular complexity index is 360. The molecule has 0 aliphatic rings. The van der Waals surface area contributed by atoms with Crippen molar-refractivity contribution in [2.24, 2.45) is 0 Å². The molecule has 1 atom stereocenters. The average molecular weight is 265 g/mol. The average Bonchev–Trinajstić information content (AvgIpc) is 2.31. The molecular formula is C16H27NS. The van der Waals surface area contributed by atoms with Crippen LogP contribution in [0.2, 0.25) is 0 Å². The predicted octanol–water partition coefficient (Wildman–Crippen LogP) is 3.97. The van der Waals surface area contributed by atoms with E-state index in [0.29, 0.717) is 11.3 Å². The molecule has 18 heavy (non-hydrogen) atoms. The van der Waals surface area contributed by atoms with E-state index >= 15 is 0 Å². The van der Waals surface area contributed by atoms with Gasteiger partial charge in [-0.15, -0.1) is 0 Å². The topological polar surface area (TPSA) is 12.0 Å². The third-order valence-corrected chi connectivity index (χ3v) is 4.36. The molecule has 1 unspecified atom stereocenters. The third kappa shape index (κ3) is 5.45. The van der Waals surface area contributed by atoms with Crippen molar-refractivity contribution < 1.29 is 0 Å². The number of hydrogen-bond acceptors (Lipinski definition) is 2. The number of benzene rings is 1. The minimum atomic E-state index is 0.586. The van der Waals surface area contributed by atoms with Crippen molar-refractivity contribution in [1.29, 1.82) is 0 Å². The van der Waals surface area contributed by atoms with Crippen molar-refractivity contribution in [1.82, 2.24) is 5.32 Å². The lowest BCUT2D eigenvalue weighted by molar-refractivity contribution is 0.571. The normalized spacial score (nSPS) is 13.0. The molecule has 0 saturated carbocycles. The highest BCUT2D eigenvalue weighted by Gasteiger charge is 2.11. The summed E-state index contributed by atoms with van der Waals surface area (Å²) >= 11 is 2.05. The van der Waals surface area contributed by atoms with Gasteiger partial charge in [0.25, 0.3) is 0 Å². The van der Waals surface area contributed by atoms with Crippen LogP contribution < -0.4 is 5.32 Å². The molecule has 102 valence electrons. The number of nitrogens with one attached hydrogen (secondary N) is 1. The van der Waals surface area contributed by atoms with Crippen LogP contribution in [0.1, 0.15) is 37.5 Å². The van der Waals surface area contributed by atoms with E-state index in [4.69, 9.17) is 0 Å². The second-order valence-corrected chi connectivity index (χ2v) is 6.88. The van der Waals surface area contributed by atoms with Gasteiger partial charge in [-0.25, -0.2) is 0 Å². The Labute approximate surface area is 117 Å². The summed E-state index contributed by atoms with van der Waals surface area (Å²) in [6.45, 7) is 12.2. The van der Waals surface area contributed by atoms with E-state index in [1.165, 1.54) is 22.4 Å². The van der Waals surface area contributed by atoms with Gasteiger partial charge >= 0.3 is 0 Å². The largest absolute Gasteiger partial charge is 0.313 e. The molecule has 0 bridgehead atoms. The number of aryl methyl sites for hydroxylation is 2. The zero-order chi connectivity index (χ0) is 13.5. The maximum atomic E-state index is 3.61. The highest BCUT2D eigenvalue weighted by molar-refractivity contribution is 7.99. The van der Waals surface area contributed by atoms with E-state index < -0.39 is 0 Å². The van der Waals surface area contributed by atoms with Gasteiger partial charge in [0, 0.05) is 11.8 Å². The van der Waals surface area contributed by atoms with Crippen LogP contribution in [0.5, 0.6) is 0 Å². The first-order chi connectivity index (χ1) is 8.52. The fourth-order valence-electron chi connectivity index (χ4n) is 2.07. The van der Waals surface area contributed by atoms with Gasteiger partial charge in [-0.2, -0.15) is 11.8 Å². The first-order valence-electron chi connectivity index (χ1n) is 6.94. The van der Waals surface area contributed by atoms with Crippen molar-refractivity contribution in [3.8, 4) is 0 Å². The lowest BCUT2D eigenvalue weighted by atomic mass is 9.99. The molecule has 1 nitrogen and oxygen atoms in total. The van der Waals surface area contributed by atoms with E-state index in [0.717, 1.165) is 13.0 Å². The molecule has 0 aliphatic carbocycles. The van der Waals surface area contributed by atoms with Crippen molar-refractivity contribution >= 4 is 11.8 Å². The summed E-state index contributed by atoms with van der Waals surface area (Å²) in [5.74, 6) is 1.19. The second-order valence-electron chi connectivity index (χ2n) is 5.27. The molecule has 1 aromatic rings. The second kappa shape index (κ2) is 7.85. The quantitative estimate of drug-likeness (QED) is 0.800. The minimum Gasteiger partial charge on any atom is -0.313 e. The summed E-state index contributed by atoms with van der Waals surface area (Å²) in [6, 6.07) is 7.36. The van der Waals surface area contributed by atoms with Gasteiger partial charge < -0.3 is 5.32 Å². The van der Waals surface area contributed by atoms with Gasteiger partial charge in [0.2, 0.25) is 0 Å². The molecule has 1 rings (SSSR count). The van der Waals surface area contributed by atoms with Gasteiger partial charge in [0.1, 0.15) is 0 Å². The number of rotatable bonds is 7. The van der Waals surface area contributed by atoms with Gasteiger partial charge in [-0.05, 0) is 43.2 Å². The Balaban J connectivity index is 2.66. The fraction of sp³-hybridized carbons (Fsp3) is 0.625. The van der Waals surface area contributed by atoms with Gasteiger partial charge in [-0.3, -0.25) is 0 Å². The Morgan fingerprint density at radius 3 is 2.56 bits per heavy atom. The molecule has 0 aliphatic heterocycles. The zero-order valence-electron chi connectivity index (χ0n) is 12.4. The van der Waals surface area contributed by atoms with Gasteiger partial charge in [0.15, 0.2) is 0 Å². The van der Waals surface area contributed by atoms with E-state index in [2.05, 4.69) is 58.1 Å². The van der Waals surface area contributed by atoms with Crippen LogP contribution in [0.3, 0.4) is 0 Å². The van der Waals surface area contributed by atoms with Crippen LogP contribution in [0, 0.1) is 13.8 Å². The lowest BCUT2D eigenvalue weighted by Crippen LogP contribution is -2.33. The van der Waals surface area contributed by atoms with Crippen LogP contribution in [-0.2, 0) is 6.42 Å². The lowest BCUT2D eigenvalue weighted by Gasteiger charge is -2.20. The molecule has 2 heteroatoms. The van der Waals surface area contributed by atoms with Crippen LogP contribution in [0.25, 0.3) is 0 Å². The van der Waals surface area contributed by atoms with Crippen LogP contribution >= 0.6 is 11.8 Å². The van der Waals surface area contributed by atoms with Crippen molar-refractivity contribution in [3.05, 3.63) is 34.9 Å². The fourth-order valence-corrected chi connectivity index (χ4v) is 2.93. The van der Waals surface area contributed by atoms with E-state index in [1.54, 1.807) is 0 Å². The van der Waals surface area contributed by atoms with Crippen LogP contribution in [0.4, 0.5) is 0 Å². The zero-order valence-corrected chi connectivity index (χ0v) is 13.2. The SMILES string of the molecule is CCNC(CSC(C)C)Cc1cc(C)ccc1C. The maximum absolute atomic E-state index is 3.61. The van der Waals surface area contributed by atoms with Gasteiger partial charge in [0.05, 0.1) is 0 Å². The summed E-state index contributed by atoms with van der Waals surface area (Å²) in [5.41, 5.74) is 4.27. The highest BCUT2D eigenvalue weighted by Crippen LogP contribution is 2.17. The number of thioether (sulfide) groups is 1. The van der Waals surface area contributed by atoms with Crippen LogP contribution in [0.15, 0.2) is 18.2 Å². The van der Waals surface area contributed by atoms with Crippen molar-refractivity contribution in [2.75, 3.05) is 12.3 Å². The Morgan fingerprint density at radius 1 is 1.22 bits per heavy atom. The highest BCUT2D eigenvalue weighted by atomic mass is 32.2. The first-order valence-corrected chi connectivity index (χ1v) is 7.99. The van der Waals surface area contributed by atoms with Crippen molar-refractivity contribution in [2.45, 2.75) is 52.3 Å². The Kier molecular flexibility index (Phi) is 6.80. The maximum Gasteiger partial charge on any atom is 0.0198 e. The number of hydrogen-bond donors (Lipinski definition) is 1. The molecule has 0 spiro atoms. The standard InChI is InChI=1S/C16H27NS/c1-6-17-16(11-18-12(2)3)10-15-9-13(4)7-8-14(15)5/h7-9,12,16-17H,6,10-11H2,1-5H3.